The lowest BCUT2D eigenvalue weighted by Crippen LogP contribution is -2.48. The van der Waals surface area contributed by atoms with Crippen LogP contribution in [0.4, 0.5) is 5.69 Å². The van der Waals surface area contributed by atoms with Crippen molar-refractivity contribution < 1.29 is 19.1 Å². The molecule has 176 valence electrons. The van der Waals surface area contributed by atoms with Gasteiger partial charge in [-0.25, -0.2) is 0 Å². The van der Waals surface area contributed by atoms with Gasteiger partial charge in [-0.15, -0.1) is 0 Å². The molecule has 0 spiro atoms. The number of rotatable bonds is 6. The number of ether oxygens (including phenoxy) is 2. The lowest BCUT2D eigenvalue weighted by atomic mass is 9.83. The summed E-state index contributed by atoms with van der Waals surface area (Å²) in [5, 5.41) is 3.62. The van der Waals surface area contributed by atoms with E-state index >= 15 is 0 Å². The number of amides is 2. The molecule has 1 aliphatic heterocycles. The molecule has 2 aromatic rings. The first-order valence-electron chi connectivity index (χ1n) is 11.6. The fourth-order valence-corrected chi connectivity index (χ4v) is 5.15. The Kier molecular flexibility index (Phi) is 7.43. The molecule has 1 aliphatic carbocycles. The van der Waals surface area contributed by atoms with Crippen molar-refractivity contribution in [1.29, 1.82) is 0 Å². The summed E-state index contributed by atoms with van der Waals surface area (Å²) in [6.45, 7) is 1.05. The summed E-state index contributed by atoms with van der Waals surface area (Å²) in [5.41, 5.74) is 1.74. The molecule has 2 atom stereocenters. The summed E-state index contributed by atoms with van der Waals surface area (Å²) < 4.78 is 10.9. The van der Waals surface area contributed by atoms with Crippen LogP contribution >= 0.6 is 11.6 Å². The lowest BCUT2D eigenvalue weighted by Gasteiger charge is -2.38. The highest BCUT2D eigenvalue weighted by atomic mass is 35.5. The van der Waals surface area contributed by atoms with E-state index in [1.54, 1.807) is 38.5 Å². The Morgan fingerprint density at radius 3 is 2.30 bits per heavy atom. The van der Waals surface area contributed by atoms with Gasteiger partial charge >= 0.3 is 0 Å². The molecule has 1 heterocycles. The van der Waals surface area contributed by atoms with E-state index in [2.05, 4.69) is 5.32 Å². The first-order valence-corrected chi connectivity index (χ1v) is 11.9. The van der Waals surface area contributed by atoms with Crippen LogP contribution < -0.4 is 14.8 Å². The topological polar surface area (TPSA) is 67.9 Å². The largest absolute Gasteiger partial charge is 0.493 e. The van der Waals surface area contributed by atoms with Crippen molar-refractivity contribution in [2.75, 3.05) is 32.6 Å². The highest BCUT2D eigenvalue weighted by Crippen LogP contribution is 2.37. The Balaban J connectivity index is 1.57. The molecular weight excluding hydrogens is 440 g/mol. The van der Waals surface area contributed by atoms with Crippen LogP contribution in [-0.4, -0.2) is 44.0 Å². The van der Waals surface area contributed by atoms with E-state index in [1.165, 1.54) is 0 Å². The van der Waals surface area contributed by atoms with Gasteiger partial charge in [-0.1, -0.05) is 30.5 Å². The molecular formula is C26H31ClN2O4. The molecule has 2 aromatic carbocycles. The predicted molar refractivity (Wildman–Crippen MR) is 129 cm³/mol. The van der Waals surface area contributed by atoms with Crippen LogP contribution in [0.3, 0.4) is 0 Å². The van der Waals surface area contributed by atoms with E-state index in [9.17, 15) is 9.59 Å². The Bertz CT molecular complexity index is 988. The number of hydrogen-bond acceptors (Lipinski definition) is 4. The van der Waals surface area contributed by atoms with Crippen molar-refractivity contribution in [3.05, 3.63) is 53.1 Å². The van der Waals surface area contributed by atoms with Crippen LogP contribution in [0.1, 0.15) is 43.6 Å². The number of carbonyl (C=O) groups excluding carboxylic acids is 2. The van der Waals surface area contributed by atoms with E-state index in [4.69, 9.17) is 21.1 Å². The van der Waals surface area contributed by atoms with Crippen LogP contribution in [0.5, 0.6) is 11.5 Å². The molecule has 0 aromatic heterocycles. The number of piperidine rings is 1. The maximum atomic E-state index is 13.3. The third-order valence-corrected chi connectivity index (χ3v) is 7.08. The molecule has 1 N–H and O–H groups in total. The van der Waals surface area contributed by atoms with Gasteiger partial charge in [0.2, 0.25) is 11.8 Å². The van der Waals surface area contributed by atoms with Crippen molar-refractivity contribution in [3.63, 3.8) is 0 Å². The second kappa shape index (κ2) is 10.5. The summed E-state index contributed by atoms with van der Waals surface area (Å²) >= 11 is 5.97. The molecule has 33 heavy (non-hydrogen) atoms. The smallest absolute Gasteiger partial charge is 0.229 e. The maximum Gasteiger partial charge on any atom is 0.229 e. The number of halogens is 1. The maximum absolute atomic E-state index is 13.3. The summed E-state index contributed by atoms with van der Waals surface area (Å²) in [6.07, 6.45) is 4.74. The number of methoxy groups -OCH3 is 2. The highest BCUT2D eigenvalue weighted by molar-refractivity contribution is 6.30. The molecule has 0 bridgehead atoms. The van der Waals surface area contributed by atoms with Gasteiger partial charge in [-0.3, -0.25) is 9.59 Å². The average Bonchev–Trinajstić information content (AvgIpc) is 3.39. The fourth-order valence-electron chi connectivity index (χ4n) is 5.03. The number of carbonyl (C=O) groups is 2. The third kappa shape index (κ3) is 5.44. The Hall–Kier alpha value is -2.73. The van der Waals surface area contributed by atoms with Gasteiger partial charge in [-0.05, 0) is 61.2 Å². The van der Waals surface area contributed by atoms with Crippen LogP contribution in [0, 0.1) is 11.8 Å². The quantitative estimate of drug-likeness (QED) is 0.636. The van der Waals surface area contributed by atoms with Crippen molar-refractivity contribution in [2.24, 2.45) is 11.8 Å². The first-order chi connectivity index (χ1) is 16.0. The Morgan fingerprint density at radius 2 is 1.64 bits per heavy atom. The summed E-state index contributed by atoms with van der Waals surface area (Å²) in [7, 11) is 3.22. The monoisotopic (exact) mass is 470 g/mol. The number of hydrogen-bond donors (Lipinski definition) is 1. The molecule has 1 saturated carbocycles. The van der Waals surface area contributed by atoms with Gasteiger partial charge in [0.1, 0.15) is 0 Å². The highest BCUT2D eigenvalue weighted by Gasteiger charge is 2.37. The van der Waals surface area contributed by atoms with E-state index in [-0.39, 0.29) is 29.6 Å². The normalized spacial score (nSPS) is 21.0. The SMILES string of the molecule is COc1ccc(C2CC(C(=O)Nc3ccc(Cl)cc3)CN(C(=O)C3CCCC3)C2)cc1OC. The summed E-state index contributed by atoms with van der Waals surface area (Å²) in [4.78, 5) is 28.4. The second-order valence-corrected chi connectivity index (χ2v) is 9.40. The second-order valence-electron chi connectivity index (χ2n) is 8.96. The number of nitrogens with one attached hydrogen (secondary N) is 1. The number of likely N-dealkylation sites (tertiary alicyclic amines) is 1. The molecule has 2 amide bonds. The number of nitrogens with zero attached hydrogens (tertiary/aromatic N) is 1. The zero-order chi connectivity index (χ0) is 23.4. The fraction of sp³-hybridized carbons (Fsp3) is 0.462. The standard InChI is InChI=1S/C26H31ClN2O4/c1-32-23-12-7-18(14-24(23)33-2)19-13-20(25(30)28-22-10-8-21(27)9-11-22)16-29(15-19)26(31)17-5-3-4-6-17/h7-12,14,17,19-20H,3-6,13,15-16H2,1-2H3,(H,28,30). The summed E-state index contributed by atoms with van der Waals surface area (Å²) in [6, 6.07) is 12.9. The van der Waals surface area contributed by atoms with Crippen molar-refractivity contribution in [1.82, 2.24) is 4.90 Å². The number of benzene rings is 2. The molecule has 0 radical (unpaired) electrons. The minimum absolute atomic E-state index is 0.0323. The van der Waals surface area contributed by atoms with Gasteiger partial charge in [0.25, 0.3) is 0 Å². The number of anilines is 1. The van der Waals surface area contributed by atoms with Gasteiger partial charge in [-0.2, -0.15) is 0 Å². The van der Waals surface area contributed by atoms with Gasteiger partial charge < -0.3 is 19.7 Å². The van der Waals surface area contributed by atoms with Crippen molar-refractivity contribution >= 4 is 29.1 Å². The van der Waals surface area contributed by atoms with Crippen LogP contribution in [-0.2, 0) is 9.59 Å². The minimum atomic E-state index is -0.308. The minimum Gasteiger partial charge on any atom is -0.493 e. The van der Waals surface area contributed by atoms with E-state index in [1.807, 2.05) is 23.1 Å². The van der Waals surface area contributed by atoms with Gasteiger partial charge in [0, 0.05) is 35.6 Å². The van der Waals surface area contributed by atoms with E-state index in [0.717, 1.165) is 31.2 Å². The van der Waals surface area contributed by atoms with Crippen LogP contribution in [0.15, 0.2) is 42.5 Å². The predicted octanol–water partition coefficient (Wildman–Crippen LogP) is 5.12. The molecule has 2 fully saturated rings. The van der Waals surface area contributed by atoms with Crippen LogP contribution in [0.25, 0.3) is 0 Å². The van der Waals surface area contributed by atoms with Crippen LogP contribution in [0.2, 0.25) is 5.02 Å². The van der Waals surface area contributed by atoms with Gasteiger partial charge in [0.15, 0.2) is 11.5 Å². The summed E-state index contributed by atoms with van der Waals surface area (Å²) in [5.74, 6) is 1.22. The zero-order valence-corrected chi connectivity index (χ0v) is 19.9. The molecule has 7 heteroatoms. The average molecular weight is 471 g/mol. The molecule has 2 unspecified atom stereocenters. The zero-order valence-electron chi connectivity index (χ0n) is 19.2. The third-order valence-electron chi connectivity index (χ3n) is 6.83. The molecule has 1 saturated heterocycles. The van der Waals surface area contributed by atoms with Crippen molar-refractivity contribution in [3.8, 4) is 11.5 Å². The first kappa shape index (κ1) is 23.4. The molecule has 2 aliphatic rings. The lowest BCUT2D eigenvalue weighted by molar-refractivity contribution is -0.138. The van der Waals surface area contributed by atoms with Gasteiger partial charge in [0.05, 0.1) is 20.1 Å². The molecule has 4 rings (SSSR count). The van der Waals surface area contributed by atoms with E-state index in [0.29, 0.717) is 41.7 Å². The Labute approximate surface area is 200 Å². The Morgan fingerprint density at radius 1 is 0.939 bits per heavy atom. The van der Waals surface area contributed by atoms with E-state index < -0.39 is 0 Å². The van der Waals surface area contributed by atoms with Crippen molar-refractivity contribution in [2.45, 2.75) is 38.0 Å². The molecule has 6 nitrogen and oxygen atoms in total.